The lowest BCUT2D eigenvalue weighted by atomic mass is 10.2. The highest BCUT2D eigenvalue weighted by Crippen LogP contribution is 2.13. The molecular formula is C18H18N2O5. The van der Waals surface area contributed by atoms with Crippen LogP contribution in [0.25, 0.3) is 0 Å². The summed E-state index contributed by atoms with van der Waals surface area (Å²) in [6.45, 7) is 1.82. The molecule has 0 aromatic heterocycles. The molecule has 7 nitrogen and oxygen atoms in total. The molecule has 0 fully saturated rings. The van der Waals surface area contributed by atoms with E-state index in [1.165, 1.54) is 30.3 Å². The van der Waals surface area contributed by atoms with Crippen molar-refractivity contribution < 1.29 is 24.2 Å². The Morgan fingerprint density at radius 1 is 1.04 bits per heavy atom. The number of phenolic OH excluding ortho intramolecular Hbond substituents is 1. The molecule has 0 unspecified atom stereocenters. The number of amides is 2. The van der Waals surface area contributed by atoms with Gasteiger partial charge in [-0.1, -0.05) is 12.1 Å². The lowest BCUT2D eigenvalue weighted by molar-refractivity contribution is -0.119. The predicted octanol–water partition coefficient (Wildman–Crippen LogP) is 1.94. The third-order valence-electron chi connectivity index (χ3n) is 3.16. The average molecular weight is 342 g/mol. The second-order valence-electron chi connectivity index (χ2n) is 5.11. The molecule has 0 radical (unpaired) electrons. The van der Waals surface area contributed by atoms with E-state index in [2.05, 4.69) is 10.6 Å². The molecule has 0 aliphatic carbocycles. The average Bonchev–Trinajstić information content (AvgIpc) is 2.60. The van der Waals surface area contributed by atoms with E-state index in [0.717, 1.165) is 0 Å². The van der Waals surface area contributed by atoms with Crippen LogP contribution in [-0.4, -0.2) is 36.0 Å². The Kier molecular flexibility index (Phi) is 6.11. The smallest absolute Gasteiger partial charge is 0.338 e. The van der Waals surface area contributed by atoms with E-state index in [1.54, 1.807) is 18.2 Å². The Hall–Kier alpha value is -3.35. The van der Waals surface area contributed by atoms with Crippen LogP contribution in [0.1, 0.15) is 27.6 Å². The van der Waals surface area contributed by atoms with Gasteiger partial charge in [0, 0.05) is 17.8 Å². The first-order valence-electron chi connectivity index (χ1n) is 7.64. The predicted molar refractivity (Wildman–Crippen MR) is 91.5 cm³/mol. The van der Waals surface area contributed by atoms with Crippen LogP contribution in [-0.2, 0) is 9.53 Å². The molecule has 2 amide bonds. The van der Waals surface area contributed by atoms with Crippen molar-refractivity contribution in [3.05, 3.63) is 59.7 Å². The first-order valence-corrected chi connectivity index (χ1v) is 7.64. The van der Waals surface area contributed by atoms with E-state index >= 15 is 0 Å². The first kappa shape index (κ1) is 18.0. The van der Waals surface area contributed by atoms with E-state index in [1.807, 2.05) is 6.92 Å². The van der Waals surface area contributed by atoms with Crippen molar-refractivity contribution in [1.29, 1.82) is 0 Å². The number of ether oxygens (including phenoxy) is 1. The van der Waals surface area contributed by atoms with Crippen LogP contribution in [0, 0.1) is 0 Å². The number of aromatic hydroxyl groups is 1. The van der Waals surface area contributed by atoms with Crippen molar-refractivity contribution in [2.75, 3.05) is 18.5 Å². The van der Waals surface area contributed by atoms with Gasteiger partial charge < -0.3 is 20.5 Å². The number of hydrogen-bond acceptors (Lipinski definition) is 5. The zero-order valence-electron chi connectivity index (χ0n) is 13.6. The van der Waals surface area contributed by atoms with Gasteiger partial charge in [-0.2, -0.15) is 0 Å². The molecule has 0 atom stereocenters. The molecule has 0 saturated carbocycles. The largest absolute Gasteiger partial charge is 0.508 e. The van der Waals surface area contributed by atoms with Gasteiger partial charge in [0.1, 0.15) is 5.75 Å². The van der Waals surface area contributed by atoms with Crippen molar-refractivity contribution in [3.63, 3.8) is 0 Å². The van der Waals surface area contributed by atoms with E-state index in [0.29, 0.717) is 17.8 Å². The second kappa shape index (κ2) is 8.49. The summed E-state index contributed by atoms with van der Waals surface area (Å²) in [4.78, 5) is 35.5. The number of carbonyl (C=O) groups excluding carboxylic acids is 3. The maximum Gasteiger partial charge on any atom is 0.338 e. The molecule has 0 saturated heterocycles. The number of esters is 1. The number of hydrogen-bond donors (Lipinski definition) is 3. The zero-order valence-corrected chi connectivity index (χ0v) is 13.6. The molecule has 0 heterocycles. The highest BCUT2D eigenvalue weighted by Gasteiger charge is 2.12. The van der Waals surface area contributed by atoms with Crippen molar-refractivity contribution in [2.45, 2.75) is 6.92 Å². The van der Waals surface area contributed by atoms with Gasteiger partial charge in [-0.3, -0.25) is 9.59 Å². The molecule has 130 valence electrons. The number of anilines is 1. The first-order chi connectivity index (χ1) is 12.0. The van der Waals surface area contributed by atoms with Gasteiger partial charge in [-0.05, 0) is 43.3 Å². The van der Waals surface area contributed by atoms with E-state index < -0.39 is 18.5 Å². The summed E-state index contributed by atoms with van der Waals surface area (Å²) in [7, 11) is 0. The van der Waals surface area contributed by atoms with Crippen molar-refractivity contribution in [2.24, 2.45) is 0 Å². The summed E-state index contributed by atoms with van der Waals surface area (Å²) < 4.78 is 4.89. The molecule has 3 N–H and O–H groups in total. The summed E-state index contributed by atoms with van der Waals surface area (Å²) in [6, 6.07) is 12.1. The van der Waals surface area contributed by atoms with Crippen LogP contribution in [0.4, 0.5) is 5.69 Å². The van der Waals surface area contributed by atoms with Gasteiger partial charge in [0.2, 0.25) is 0 Å². The zero-order chi connectivity index (χ0) is 18.2. The summed E-state index contributed by atoms with van der Waals surface area (Å²) in [5.41, 5.74) is 0.976. The van der Waals surface area contributed by atoms with Gasteiger partial charge in [0.05, 0.1) is 5.56 Å². The van der Waals surface area contributed by atoms with Crippen LogP contribution < -0.4 is 10.6 Å². The van der Waals surface area contributed by atoms with Crippen LogP contribution in [0.15, 0.2) is 48.5 Å². The number of benzene rings is 2. The Bertz CT molecular complexity index is 789. The SMILES string of the molecule is CCNC(=O)c1cccc(NC(=O)COC(=O)c2cccc(O)c2)c1. The lowest BCUT2D eigenvalue weighted by Gasteiger charge is -2.08. The van der Waals surface area contributed by atoms with Gasteiger partial charge >= 0.3 is 5.97 Å². The Morgan fingerprint density at radius 2 is 1.76 bits per heavy atom. The molecule has 0 aliphatic heterocycles. The van der Waals surface area contributed by atoms with Crippen LogP contribution in [0.3, 0.4) is 0 Å². The lowest BCUT2D eigenvalue weighted by Crippen LogP contribution is -2.23. The molecule has 2 aromatic rings. The van der Waals surface area contributed by atoms with Crippen LogP contribution in [0.2, 0.25) is 0 Å². The Morgan fingerprint density at radius 3 is 2.48 bits per heavy atom. The standard InChI is InChI=1S/C18H18N2O5/c1-2-19-17(23)12-5-3-7-14(9-12)20-16(22)11-25-18(24)13-6-4-8-15(21)10-13/h3-10,21H,2,11H2,1H3,(H,19,23)(H,20,22). The van der Waals surface area contributed by atoms with Gasteiger partial charge in [-0.15, -0.1) is 0 Å². The van der Waals surface area contributed by atoms with E-state index in [4.69, 9.17) is 4.74 Å². The van der Waals surface area contributed by atoms with E-state index in [9.17, 15) is 19.5 Å². The van der Waals surface area contributed by atoms with Crippen LogP contribution >= 0.6 is 0 Å². The molecular weight excluding hydrogens is 324 g/mol. The monoisotopic (exact) mass is 342 g/mol. The minimum absolute atomic E-state index is 0.0685. The highest BCUT2D eigenvalue weighted by atomic mass is 16.5. The fourth-order valence-electron chi connectivity index (χ4n) is 2.05. The summed E-state index contributed by atoms with van der Waals surface area (Å²) >= 11 is 0. The van der Waals surface area contributed by atoms with Crippen molar-refractivity contribution in [1.82, 2.24) is 5.32 Å². The van der Waals surface area contributed by atoms with Gasteiger partial charge in [0.15, 0.2) is 6.61 Å². The van der Waals surface area contributed by atoms with Crippen LogP contribution in [0.5, 0.6) is 5.75 Å². The summed E-state index contributed by atoms with van der Waals surface area (Å²) in [5.74, 6) is -1.57. The molecule has 0 spiro atoms. The molecule has 0 aliphatic rings. The molecule has 0 bridgehead atoms. The topological polar surface area (TPSA) is 105 Å². The number of rotatable bonds is 6. The molecule has 2 aromatic carbocycles. The van der Waals surface area contributed by atoms with Gasteiger partial charge in [-0.25, -0.2) is 4.79 Å². The maximum atomic E-state index is 11.9. The molecule has 2 rings (SSSR count). The Labute approximate surface area is 144 Å². The minimum atomic E-state index is -0.720. The third-order valence-corrected chi connectivity index (χ3v) is 3.16. The van der Waals surface area contributed by atoms with Crippen molar-refractivity contribution in [3.8, 4) is 5.75 Å². The highest BCUT2D eigenvalue weighted by molar-refractivity contribution is 5.98. The summed E-state index contributed by atoms with van der Waals surface area (Å²) in [5, 5.41) is 14.5. The third kappa shape index (κ3) is 5.35. The Balaban J connectivity index is 1.91. The molecule has 25 heavy (non-hydrogen) atoms. The maximum absolute atomic E-state index is 11.9. The number of phenols is 1. The number of carbonyl (C=O) groups is 3. The van der Waals surface area contributed by atoms with Crippen molar-refractivity contribution >= 4 is 23.5 Å². The minimum Gasteiger partial charge on any atom is -0.508 e. The second-order valence-corrected chi connectivity index (χ2v) is 5.11. The normalized spacial score (nSPS) is 9.96. The molecule has 7 heteroatoms. The quantitative estimate of drug-likeness (QED) is 0.696. The summed E-state index contributed by atoms with van der Waals surface area (Å²) in [6.07, 6.45) is 0. The van der Waals surface area contributed by atoms with E-state index in [-0.39, 0.29) is 17.2 Å². The van der Waals surface area contributed by atoms with Gasteiger partial charge in [0.25, 0.3) is 11.8 Å². The fraction of sp³-hybridized carbons (Fsp3) is 0.167. The fourth-order valence-corrected chi connectivity index (χ4v) is 2.05. The number of nitrogens with one attached hydrogen (secondary N) is 2.